The number of hydrogen-bond acceptors (Lipinski definition) is 6. The molecule has 8 heteroatoms. The van der Waals surface area contributed by atoms with Crippen molar-refractivity contribution in [3.63, 3.8) is 0 Å². The first-order valence-electron chi connectivity index (χ1n) is 11.1. The molecule has 4 aliphatic rings. The lowest BCUT2D eigenvalue weighted by Crippen LogP contribution is -2.70. The second-order valence-corrected chi connectivity index (χ2v) is 11.1. The lowest BCUT2D eigenvalue weighted by atomic mass is 9.45. The summed E-state index contributed by atoms with van der Waals surface area (Å²) in [6.45, 7) is 5.86. The number of esters is 1. The predicted octanol–water partition coefficient (Wildman–Crippen LogP) is 2.68. The van der Waals surface area contributed by atoms with Gasteiger partial charge in [0.15, 0.2) is 12.4 Å². The number of halogens is 2. The maximum atomic E-state index is 15.5. The highest BCUT2D eigenvalue weighted by molar-refractivity contribution is 6.26. The van der Waals surface area contributed by atoms with Crippen molar-refractivity contribution in [2.24, 2.45) is 28.6 Å². The molecule has 0 aromatic rings. The summed E-state index contributed by atoms with van der Waals surface area (Å²) >= 11 is 7.25. The fourth-order valence-corrected chi connectivity index (χ4v) is 7.90. The number of ether oxygens (including phenoxy) is 1. The quantitative estimate of drug-likeness (QED) is 0.488. The van der Waals surface area contributed by atoms with E-state index in [1.165, 1.54) is 19.1 Å². The zero-order valence-corrected chi connectivity index (χ0v) is 19.5. The fraction of sp³-hybridized carbons (Fsp3) is 0.708. The second kappa shape index (κ2) is 7.21. The summed E-state index contributed by atoms with van der Waals surface area (Å²) in [5, 5.41) is 23.2. The van der Waals surface area contributed by atoms with E-state index in [2.05, 4.69) is 0 Å². The average Bonchev–Trinajstić information content (AvgIpc) is 2.91. The Morgan fingerprint density at radius 3 is 2.56 bits per heavy atom. The van der Waals surface area contributed by atoms with Crippen molar-refractivity contribution in [2.75, 3.05) is 6.61 Å². The highest BCUT2D eigenvalue weighted by atomic mass is 35.5. The van der Waals surface area contributed by atoms with Crippen LogP contribution in [0.1, 0.15) is 47.0 Å². The third-order valence-electron chi connectivity index (χ3n) is 9.04. The molecule has 6 nitrogen and oxygen atoms in total. The van der Waals surface area contributed by atoms with Crippen molar-refractivity contribution >= 4 is 29.1 Å². The molecule has 2 N–H and O–H groups in total. The topological polar surface area (TPSA) is 101 Å². The van der Waals surface area contributed by atoms with E-state index >= 15 is 4.39 Å². The molecule has 0 bridgehead atoms. The Morgan fingerprint density at radius 1 is 1.28 bits per heavy atom. The number of aliphatic hydroxyl groups is 2. The van der Waals surface area contributed by atoms with Gasteiger partial charge in [-0.05, 0) is 54.7 Å². The SMILES string of the molecule is CC(=O)OCC(=O)[C@@]1(O)[C@H](C)C[C@H]2[C@@H]3C[C@H](F)C4=CC(=O)C=C[C@]4(C)[C@@]3(Cl)[C@@H](O)C[C@@]21C. The van der Waals surface area contributed by atoms with Gasteiger partial charge in [0.2, 0.25) is 5.78 Å². The molecule has 0 aromatic carbocycles. The van der Waals surface area contributed by atoms with Crippen LogP contribution < -0.4 is 0 Å². The van der Waals surface area contributed by atoms with Gasteiger partial charge in [-0.1, -0.05) is 26.8 Å². The molecule has 3 saturated carbocycles. The van der Waals surface area contributed by atoms with E-state index in [9.17, 15) is 24.6 Å². The van der Waals surface area contributed by atoms with Crippen LogP contribution in [0.4, 0.5) is 4.39 Å². The van der Waals surface area contributed by atoms with E-state index in [4.69, 9.17) is 16.3 Å². The van der Waals surface area contributed by atoms with Crippen LogP contribution in [0.3, 0.4) is 0 Å². The molecule has 176 valence electrons. The van der Waals surface area contributed by atoms with E-state index in [1.54, 1.807) is 26.8 Å². The van der Waals surface area contributed by atoms with Crippen LogP contribution in [0, 0.1) is 28.6 Å². The largest absolute Gasteiger partial charge is 0.458 e. The van der Waals surface area contributed by atoms with Crippen LogP contribution in [0.2, 0.25) is 0 Å². The number of alkyl halides is 2. The summed E-state index contributed by atoms with van der Waals surface area (Å²) in [5.41, 5.74) is -3.76. The van der Waals surface area contributed by atoms with E-state index in [1.807, 2.05) is 0 Å². The van der Waals surface area contributed by atoms with Crippen molar-refractivity contribution in [1.82, 2.24) is 0 Å². The fourth-order valence-electron chi connectivity index (χ4n) is 7.41. The summed E-state index contributed by atoms with van der Waals surface area (Å²) in [6.07, 6.45) is 2.05. The Kier molecular flexibility index (Phi) is 5.32. The number of allylic oxidation sites excluding steroid dienone is 4. The van der Waals surface area contributed by atoms with Gasteiger partial charge in [0.1, 0.15) is 11.8 Å². The molecule has 0 saturated heterocycles. The van der Waals surface area contributed by atoms with Gasteiger partial charge < -0.3 is 14.9 Å². The first kappa shape index (κ1) is 23.6. The number of carbonyl (C=O) groups excluding carboxylic acids is 3. The van der Waals surface area contributed by atoms with Gasteiger partial charge in [-0.15, -0.1) is 11.6 Å². The number of rotatable bonds is 3. The first-order valence-corrected chi connectivity index (χ1v) is 11.5. The molecule has 4 rings (SSSR count). The number of hydrogen-bond donors (Lipinski definition) is 2. The van der Waals surface area contributed by atoms with E-state index < -0.39 is 63.8 Å². The predicted molar refractivity (Wildman–Crippen MR) is 115 cm³/mol. The molecule has 0 amide bonds. The van der Waals surface area contributed by atoms with Crippen molar-refractivity contribution in [2.45, 2.75) is 69.7 Å². The Bertz CT molecular complexity index is 947. The van der Waals surface area contributed by atoms with Crippen molar-refractivity contribution < 1.29 is 33.7 Å². The van der Waals surface area contributed by atoms with Crippen LogP contribution >= 0.6 is 11.6 Å². The lowest BCUT2D eigenvalue weighted by Gasteiger charge is -2.64. The Hall–Kier alpha value is -1.57. The van der Waals surface area contributed by atoms with Crippen LogP contribution in [0.15, 0.2) is 23.8 Å². The number of carbonyl (C=O) groups is 3. The van der Waals surface area contributed by atoms with Crippen LogP contribution in [-0.4, -0.2) is 57.1 Å². The standard InChI is InChI=1S/C24H30ClFO6/c1-12-7-15-16-9-18(26)17-8-14(28)5-6-21(17,3)23(16,25)19(29)10-22(15,4)24(12,31)20(30)11-32-13(2)27/h5-6,8,12,15-16,18-19,29,31H,7,9-11H2,1-4H3/t12-,15+,16+,18+,19+,21+,22+,23+,24+/m1/s1. The normalized spacial score (nSPS) is 49.6. The zero-order chi connectivity index (χ0) is 23.9. The van der Waals surface area contributed by atoms with Gasteiger partial charge >= 0.3 is 5.97 Å². The van der Waals surface area contributed by atoms with E-state index in [-0.39, 0.29) is 30.1 Å². The summed E-state index contributed by atoms with van der Waals surface area (Å²) in [7, 11) is 0. The van der Waals surface area contributed by atoms with Gasteiger partial charge in [0.05, 0.1) is 11.0 Å². The first-order chi connectivity index (χ1) is 14.7. The minimum Gasteiger partial charge on any atom is -0.458 e. The highest BCUT2D eigenvalue weighted by Crippen LogP contribution is 2.71. The molecule has 32 heavy (non-hydrogen) atoms. The number of fused-ring (bicyclic) bond motifs is 5. The molecule has 0 spiro atoms. The molecule has 9 atom stereocenters. The number of Topliss-reactive ketones (excluding diaryl/α,β-unsaturated/α-hetero) is 1. The molecule has 0 aromatic heterocycles. The van der Waals surface area contributed by atoms with Gasteiger partial charge in [-0.2, -0.15) is 0 Å². The van der Waals surface area contributed by atoms with Crippen LogP contribution in [0.25, 0.3) is 0 Å². The summed E-state index contributed by atoms with van der Waals surface area (Å²) in [5.74, 6) is -2.97. The molecule has 0 heterocycles. The third kappa shape index (κ3) is 2.74. The Labute approximate surface area is 191 Å². The third-order valence-corrected chi connectivity index (χ3v) is 9.97. The molecule has 3 fully saturated rings. The van der Waals surface area contributed by atoms with Crippen molar-refractivity contribution in [3.05, 3.63) is 23.8 Å². The van der Waals surface area contributed by atoms with Gasteiger partial charge in [-0.25, -0.2) is 4.39 Å². The van der Waals surface area contributed by atoms with Gasteiger partial charge in [0.25, 0.3) is 0 Å². The Balaban J connectivity index is 1.79. The minimum absolute atomic E-state index is 0.00963. The smallest absolute Gasteiger partial charge is 0.303 e. The summed E-state index contributed by atoms with van der Waals surface area (Å²) < 4.78 is 20.3. The van der Waals surface area contributed by atoms with Crippen molar-refractivity contribution in [1.29, 1.82) is 0 Å². The minimum atomic E-state index is -1.85. The number of ketones is 2. The lowest BCUT2D eigenvalue weighted by molar-refractivity contribution is -0.183. The van der Waals surface area contributed by atoms with Gasteiger partial charge in [-0.3, -0.25) is 14.4 Å². The molecular formula is C24H30ClFO6. The molecule has 4 aliphatic carbocycles. The monoisotopic (exact) mass is 468 g/mol. The van der Waals surface area contributed by atoms with E-state index in [0.29, 0.717) is 6.42 Å². The number of aliphatic hydroxyl groups excluding tert-OH is 1. The molecule has 0 unspecified atom stereocenters. The second-order valence-electron chi connectivity index (χ2n) is 10.5. The molecule has 0 aliphatic heterocycles. The summed E-state index contributed by atoms with van der Waals surface area (Å²) in [4.78, 5) is 35.0. The van der Waals surface area contributed by atoms with Gasteiger partial charge in [0, 0.05) is 17.8 Å². The maximum absolute atomic E-state index is 15.5. The zero-order valence-electron chi connectivity index (χ0n) is 18.7. The summed E-state index contributed by atoms with van der Waals surface area (Å²) in [6, 6.07) is 0. The molecule has 0 radical (unpaired) electrons. The Morgan fingerprint density at radius 2 is 1.94 bits per heavy atom. The van der Waals surface area contributed by atoms with E-state index in [0.717, 1.165) is 0 Å². The van der Waals surface area contributed by atoms with Crippen LogP contribution in [-0.2, 0) is 19.1 Å². The average molecular weight is 469 g/mol. The van der Waals surface area contributed by atoms with Crippen molar-refractivity contribution in [3.8, 4) is 0 Å². The van der Waals surface area contributed by atoms with Crippen LogP contribution in [0.5, 0.6) is 0 Å². The molecular weight excluding hydrogens is 439 g/mol. The maximum Gasteiger partial charge on any atom is 0.303 e. The highest BCUT2D eigenvalue weighted by Gasteiger charge is 2.75.